The summed E-state index contributed by atoms with van der Waals surface area (Å²) >= 11 is 3.50. The molecule has 4 aromatic rings. The van der Waals surface area contributed by atoms with E-state index >= 15 is 0 Å². The van der Waals surface area contributed by atoms with Crippen LogP contribution < -0.4 is 14.4 Å². The monoisotopic (exact) mass is 677 g/mol. The number of thioether (sulfide) groups is 1. The molecule has 0 N–H and O–H groups in total. The van der Waals surface area contributed by atoms with Gasteiger partial charge in [-0.1, -0.05) is 36.4 Å². The molecule has 1 heterocycles. The highest BCUT2D eigenvalue weighted by atomic mass is 127. The third-order valence-electron chi connectivity index (χ3n) is 5.96. The van der Waals surface area contributed by atoms with E-state index in [1.54, 1.807) is 17.0 Å². The van der Waals surface area contributed by atoms with Crippen molar-refractivity contribution >= 4 is 68.6 Å². The lowest BCUT2D eigenvalue weighted by atomic mass is 10.1. The summed E-state index contributed by atoms with van der Waals surface area (Å²) in [4.78, 5) is 31.1. The maximum absolute atomic E-state index is 13.7. The Bertz CT molecular complexity index is 1630. The molecule has 10 heteroatoms. The number of halogens is 1. The number of aliphatic imine (C=N–C) groups is 1. The predicted molar refractivity (Wildman–Crippen MR) is 171 cm³/mol. The molecule has 1 fully saturated rings. The number of ether oxygens (including phenoxy) is 2. The van der Waals surface area contributed by atoms with Crippen molar-refractivity contribution in [1.82, 2.24) is 0 Å². The van der Waals surface area contributed by atoms with Crippen LogP contribution in [0.3, 0.4) is 0 Å². The molecule has 41 heavy (non-hydrogen) atoms. The lowest BCUT2D eigenvalue weighted by Gasteiger charge is -2.15. The summed E-state index contributed by atoms with van der Waals surface area (Å²) in [7, 11) is 0. The van der Waals surface area contributed by atoms with Crippen LogP contribution in [0.5, 0.6) is 11.5 Å². The zero-order valence-corrected chi connectivity index (χ0v) is 24.9. The highest BCUT2D eigenvalue weighted by Gasteiger charge is 2.34. The summed E-state index contributed by atoms with van der Waals surface area (Å²) in [6.07, 6.45) is 1.83. The Morgan fingerprint density at radius 3 is 2.32 bits per heavy atom. The molecule has 0 aromatic heterocycles. The van der Waals surface area contributed by atoms with E-state index in [2.05, 4.69) is 22.6 Å². The number of nitro benzene ring substituents is 1. The first-order valence-electron chi connectivity index (χ1n) is 12.7. The van der Waals surface area contributed by atoms with Crippen molar-refractivity contribution in [3.63, 3.8) is 0 Å². The first-order chi connectivity index (χ1) is 19.9. The van der Waals surface area contributed by atoms with Crippen LogP contribution >= 0.6 is 34.4 Å². The normalized spacial score (nSPS) is 15.0. The molecule has 5 rings (SSSR count). The van der Waals surface area contributed by atoms with Crippen molar-refractivity contribution in [1.29, 1.82) is 0 Å². The van der Waals surface area contributed by atoms with Crippen molar-refractivity contribution in [2.24, 2.45) is 4.99 Å². The molecule has 0 radical (unpaired) electrons. The summed E-state index contributed by atoms with van der Waals surface area (Å²) in [5.74, 6) is 0.944. The number of anilines is 1. The Hall–Kier alpha value is -4.16. The smallest absolute Gasteiger partial charge is 0.271 e. The average Bonchev–Trinajstić information content (AvgIpc) is 3.27. The molecule has 1 aliphatic rings. The quantitative estimate of drug-likeness (QED) is 0.0772. The van der Waals surface area contributed by atoms with Gasteiger partial charge in [0, 0.05) is 12.1 Å². The number of hydrogen-bond acceptors (Lipinski definition) is 7. The fraction of sp³-hybridized carbons (Fsp3) is 0.0968. The van der Waals surface area contributed by atoms with Gasteiger partial charge in [0.1, 0.15) is 6.61 Å². The first kappa shape index (κ1) is 28.4. The van der Waals surface area contributed by atoms with Gasteiger partial charge in [0.15, 0.2) is 16.7 Å². The van der Waals surface area contributed by atoms with E-state index < -0.39 is 4.92 Å². The van der Waals surface area contributed by atoms with Crippen molar-refractivity contribution in [2.45, 2.75) is 13.5 Å². The largest absolute Gasteiger partial charge is 0.490 e. The lowest BCUT2D eigenvalue weighted by Crippen LogP contribution is -2.28. The second-order valence-corrected chi connectivity index (χ2v) is 11.0. The predicted octanol–water partition coefficient (Wildman–Crippen LogP) is 7.99. The fourth-order valence-electron chi connectivity index (χ4n) is 4.06. The van der Waals surface area contributed by atoms with Crippen LogP contribution in [0.1, 0.15) is 18.1 Å². The summed E-state index contributed by atoms with van der Waals surface area (Å²) in [5.41, 5.74) is 3.10. The van der Waals surface area contributed by atoms with Gasteiger partial charge in [0.05, 0.1) is 31.4 Å². The van der Waals surface area contributed by atoms with Crippen LogP contribution in [0.15, 0.2) is 107 Å². The SMILES string of the molecule is CCOc1cc(/C=C2\SC(=Nc3ccccc3)N(c3ccccc3)C2=O)cc(I)c1OCc1ccc([N+](=O)[O-])cc1. The Morgan fingerprint density at radius 2 is 1.66 bits per heavy atom. The summed E-state index contributed by atoms with van der Waals surface area (Å²) in [5, 5.41) is 11.5. The number of non-ortho nitro benzene ring substituents is 1. The number of amidine groups is 1. The summed E-state index contributed by atoms with van der Waals surface area (Å²) < 4.78 is 12.8. The summed E-state index contributed by atoms with van der Waals surface area (Å²) in [6.45, 7) is 2.53. The van der Waals surface area contributed by atoms with Gasteiger partial charge < -0.3 is 9.47 Å². The molecular weight excluding hydrogens is 653 g/mol. The molecule has 1 saturated heterocycles. The molecule has 0 saturated carbocycles. The van der Waals surface area contributed by atoms with Crippen LogP contribution in [0.25, 0.3) is 6.08 Å². The van der Waals surface area contributed by atoms with E-state index in [0.717, 1.165) is 26.1 Å². The van der Waals surface area contributed by atoms with Crippen molar-refractivity contribution in [3.05, 3.63) is 127 Å². The fourth-order valence-corrected chi connectivity index (χ4v) is 5.84. The lowest BCUT2D eigenvalue weighted by molar-refractivity contribution is -0.384. The molecule has 0 atom stereocenters. The van der Waals surface area contributed by atoms with Gasteiger partial charge in [-0.05, 0) is 107 Å². The van der Waals surface area contributed by atoms with Gasteiger partial charge in [-0.2, -0.15) is 0 Å². The van der Waals surface area contributed by atoms with Gasteiger partial charge in [-0.25, -0.2) is 4.99 Å². The van der Waals surface area contributed by atoms with Crippen LogP contribution in [0.4, 0.5) is 17.1 Å². The zero-order chi connectivity index (χ0) is 28.8. The molecule has 8 nitrogen and oxygen atoms in total. The zero-order valence-electron chi connectivity index (χ0n) is 21.9. The first-order valence-corrected chi connectivity index (χ1v) is 14.6. The van der Waals surface area contributed by atoms with Gasteiger partial charge in [0.25, 0.3) is 11.6 Å². The Labute approximate surface area is 255 Å². The molecule has 0 bridgehead atoms. The second-order valence-electron chi connectivity index (χ2n) is 8.79. The molecule has 206 valence electrons. The van der Waals surface area contributed by atoms with Gasteiger partial charge in [0.2, 0.25) is 0 Å². The molecule has 4 aromatic carbocycles. The van der Waals surface area contributed by atoms with Crippen molar-refractivity contribution in [2.75, 3.05) is 11.5 Å². The third-order valence-corrected chi connectivity index (χ3v) is 7.73. The van der Waals surface area contributed by atoms with Crippen LogP contribution in [-0.2, 0) is 11.4 Å². The standard InChI is InChI=1S/C31H24IN3O5S/c1-2-39-27-18-22(17-26(32)29(27)40-20-21-13-15-25(16-14-21)35(37)38)19-28-30(36)34(24-11-7-4-8-12-24)31(41-28)33-23-9-5-3-6-10-23/h3-19H,2,20H2,1H3/b28-19-,33-31?. The highest BCUT2D eigenvalue weighted by molar-refractivity contribution is 14.1. The van der Waals surface area contributed by atoms with E-state index in [0.29, 0.717) is 28.2 Å². The molecule has 0 unspecified atom stereocenters. The number of carbonyl (C=O) groups excluding carboxylic acids is 1. The minimum absolute atomic E-state index is 0.0258. The molecular formula is C31H24IN3O5S. The molecule has 0 spiro atoms. The number of para-hydroxylation sites is 2. The number of benzene rings is 4. The number of amides is 1. The van der Waals surface area contributed by atoms with E-state index in [4.69, 9.17) is 14.5 Å². The van der Waals surface area contributed by atoms with E-state index in [1.165, 1.54) is 23.9 Å². The Morgan fingerprint density at radius 1 is 0.976 bits per heavy atom. The maximum Gasteiger partial charge on any atom is 0.271 e. The molecule has 1 aliphatic heterocycles. The minimum atomic E-state index is -0.434. The summed E-state index contributed by atoms with van der Waals surface area (Å²) in [6, 6.07) is 29.0. The van der Waals surface area contributed by atoms with Gasteiger partial charge >= 0.3 is 0 Å². The number of nitro groups is 1. The van der Waals surface area contributed by atoms with E-state index in [-0.39, 0.29) is 18.2 Å². The topological polar surface area (TPSA) is 94.3 Å². The van der Waals surface area contributed by atoms with Crippen molar-refractivity contribution < 1.29 is 19.2 Å². The number of carbonyl (C=O) groups is 1. The van der Waals surface area contributed by atoms with Crippen LogP contribution in [0.2, 0.25) is 0 Å². The minimum Gasteiger partial charge on any atom is -0.490 e. The number of hydrogen-bond donors (Lipinski definition) is 0. The number of nitrogens with zero attached hydrogens (tertiary/aromatic N) is 3. The van der Waals surface area contributed by atoms with E-state index in [9.17, 15) is 14.9 Å². The third kappa shape index (κ3) is 6.77. The van der Waals surface area contributed by atoms with Gasteiger partial charge in [-0.3, -0.25) is 19.8 Å². The highest BCUT2D eigenvalue weighted by Crippen LogP contribution is 2.40. The van der Waals surface area contributed by atoms with E-state index in [1.807, 2.05) is 85.8 Å². The number of rotatable bonds is 9. The average molecular weight is 678 g/mol. The Balaban J connectivity index is 1.44. The Kier molecular flexibility index (Phi) is 9.00. The molecule has 1 amide bonds. The maximum atomic E-state index is 13.7. The van der Waals surface area contributed by atoms with Crippen LogP contribution in [0, 0.1) is 13.7 Å². The van der Waals surface area contributed by atoms with Crippen LogP contribution in [-0.4, -0.2) is 22.6 Å². The molecule has 0 aliphatic carbocycles. The van der Waals surface area contributed by atoms with Gasteiger partial charge in [-0.15, -0.1) is 0 Å². The van der Waals surface area contributed by atoms with Crippen molar-refractivity contribution in [3.8, 4) is 11.5 Å². The second kappa shape index (κ2) is 13.0.